The first kappa shape index (κ1) is 24.0. The van der Waals surface area contributed by atoms with Crippen molar-refractivity contribution in [2.75, 3.05) is 0 Å². The van der Waals surface area contributed by atoms with E-state index in [0.717, 1.165) is 0 Å². The van der Waals surface area contributed by atoms with E-state index in [9.17, 15) is 24.6 Å². The van der Waals surface area contributed by atoms with Gasteiger partial charge in [0.15, 0.2) is 11.4 Å². The number of fused-ring (bicyclic) bond motifs is 2. The van der Waals surface area contributed by atoms with Crippen LogP contribution in [0.1, 0.15) is 59.8 Å². The van der Waals surface area contributed by atoms with E-state index in [2.05, 4.69) is 0 Å². The van der Waals surface area contributed by atoms with E-state index in [4.69, 9.17) is 18.9 Å². The topological polar surface area (TPSA) is 129 Å². The molecule has 5 fully saturated rings. The van der Waals surface area contributed by atoms with Crippen molar-refractivity contribution in [3.05, 3.63) is 23.3 Å². The summed E-state index contributed by atoms with van der Waals surface area (Å²) in [7, 11) is 0. The highest BCUT2D eigenvalue weighted by molar-refractivity contribution is 5.95. The van der Waals surface area contributed by atoms with Gasteiger partial charge in [-0.3, -0.25) is 9.59 Å². The zero-order valence-electron chi connectivity index (χ0n) is 21.6. The van der Waals surface area contributed by atoms with Crippen LogP contribution in [-0.4, -0.2) is 74.8 Å². The van der Waals surface area contributed by atoms with Crippen molar-refractivity contribution >= 4 is 17.7 Å². The van der Waals surface area contributed by atoms with E-state index in [1.807, 2.05) is 26.8 Å². The molecule has 200 valence electrons. The number of ketones is 1. The second kappa shape index (κ2) is 7.11. The maximum Gasteiger partial charge on any atom is 0.334 e. The van der Waals surface area contributed by atoms with E-state index >= 15 is 0 Å². The minimum atomic E-state index is -1.62. The van der Waals surface area contributed by atoms with Gasteiger partial charge >= 0.3 is 11.9 Å². The van der Waals surface area contributed by atoms with E-state index in [1.165, 1.54) is 0 Å². The highest BCUT2D eigenvalue weighted by Crippen LogP contribution is 2.65. The van der Waals surface area contributed by atoms with Gasteiger partial charge in [-0.2, -0.15) is 0 Å². The number of hydrogen-bond donors (Lipinski definition) is 2. The molecule has 9 nitrogen and oxygen atoms in total. The van der Waals surface area contributed by atoms with Crippen LogP contribution in [0.2, 0.25) is 0 Å². The molecule has 2 spiro atoms. The first-order valence-electron chi connectivity index (χ1n) is 13.4. The molecule has 37 heavy (non-hydrogen) atoms. The zero-order chi connectivity index (χ0) is 26.3. The molecule has 4 heterocycles. The maximum absolute atomic E-state index is 14.1. The van der Waals surface area contributed by atoms with Crippen LogP contribution in [0.25, 0.3) is 0 Å². The Morgan fingerprint density at radius 3 is 2.59 bits per heavy atom. The van der Waals surface area contributed by atoms with Gasteiger partial charge in [0.1, 0.15) is 23.9 Å². The van der Waals surface area contributed by atoms with Crippen molar-refractivity contribution in [3.8, 4) is 0 Å². The Hall–Kier alpha value is -2.07. The lowest BCUT2D eigenvalue weighted by atomic mass is 9.59. The van der Waals surface area contributed by atoms with E-state index in [0.29, 0.717) is 17.6 Å². The summed E-state index contributed by atoms with van der Waals surface area (Å²) >= 11 is 0. The quantitative estimate of drug-likeness (QED) is 0.395. The van der Waals surface area contributed by atoms with Crippen LogP contribution in [0.5, 0.6) is 0 Å². The number of Topliss-reactive ketones (excluding diaryl/α,β-unsaturated/α-hetero) is 1. The number of hydrogen-bond acceptors (Lipinski definition) is 9. The first-order chi connectivity index (χ1) is 17.3. The fraction of sp³-hybridized carbons (Fsp3) is 0.750. The van der Waals surface area contributed by atoms with Crippen LogP contribution in [0.15, 0.2) is 23.3 Å². The van der Waals surface area contributed by atoms with Crippen LogP contribution in [-0.2, 0) is 33.3 Å². The number of cyclic esters (lactones) is 1. The number of aliphatic hydroxyl groups is 2. The number of rotatable bonds is 1. The lowest BCUT2D eigenvalue weighted by Crippen LogP contribution is -2.62. The predicted octanol–water partition coefficient (Wildman–Crippen LogP) is 1.53. The number of ether oxygens (including phenoxy) is 4. The summed E-state index contributed by atoms with van der Waals surface area (Å²) in [5.41, 5.74) is -3.52. The van der Waals surface area contributed by atoms with Gasteiger partial charge in [-0.05, 0) is 51.2 Å². The number of esters is 2. The molecule has 9 heteroatoms. The van der Waals surface area contributed by atoms with Crippen molar-refractivity contribution < 1.29 is 43.5 Å². The summed E-state index contributed by atoms with van der Waals surface area (Å²) in [6, 6.07) is 0. The summed E-state index contributed by atoms with van der Waals surface area (Å²) < 4.78 is 24.4. The molecule has 7 rings (SSSR count). The van der Waals surface area contributed by atoms with Gasteiger partial charge in [0.05, 0.1) is 23.7 Å². The Bertz CT molecular complexity index is 1190. The molecule has 0 aromatic rings. The number of carbonyl (C=O) groups excluding carboxylic acids is 3. The largest absolute Gasteiger partial charge is 0.456 e. The van der Waals surface area contributed by atoms with Gasteiger partial charge in [-0.15, -0.1) is 0 Å². The molecule has 3 aliphatic carbocycles. The van der Waals surface area contributed by atoms with Crippen LogP contribution in [0.3, 0.4) is 0 Å². The summed E-state index contributed by atoms with van der Waals surface area (Å²) in [5, 5.41) is 24.0. The molecule has 0 radical (unpaired) electrons. The lowest BCUT2D eigenvalue weighted by Gasteiger charge is -2.50. The Labute approximate surface area is 215 Å². The Kier molecular flexibility index (Phi) is 4.61. The molecule has 4 aliphatic heterocycles. The fourth-order valence-electron chi connectivity index (χ4n) is 9.24. The molecule has 0 bridgehead atoms. The van der Waals surface area contributed by atoms with E-state index < -0.39 is 52.7 Å². The second-order valence-corrected chi connectivity index (χ2v) is 13.0. The van der Waals surface area contributed by atoms with Crippen LogP contribution in [0.4, 0.5) is 0 Å². The zero-order valence-corrected chi connectivity index (χ0v) is 21.6. The van der Waals surface area contributed by atoms with Crippen molar-refractivity contribution in [3.63, 3.8) is 0 Å². The maximum atomic E-state index is 14.1. The highest BCUT2D eigenvalue weighted by atomic mass is 16.6. The van der Waals surface area contributed by atoms with Gasteiger partial charge in [0.25, 0.3) is 0 Å². The van der Waals surface area contributed by atoms with Gasteiger partial charge in [-0.25, -0.2) is 4.79 Å². The Morgan fingerprint density at radius 2 is 1.89 bits per heavy atom. The predicted molar refractivity (Wildman–Crippen MR) is 126 cm³/mol. The van der Waals surface area contributed by atoms with Gasteiger partial charge in [-0.1, -0.05) is 13.0 Å². The fourth-order valence-corrected chi connectivity index (χ4v) is 9.24. The molecule has 3 saturated heterocycles. The molecular formula is C28H34O9. The molecule has 0 aromatic heterocycles. The molecule has 0 aromatic carbocycles. The third-order valence-corrected chi connectivity index (χ3v) is 10.6. The van der Waals surface area contributed by atoms with Crippen molar-refractivity contribution in [1.29, 1.82) is 0 Å². The molecule has 11 atom stereocenters. The minimum Gasteiger partial charge on any atom is -0.456 e. The highest BCUT2D eigenvalue weighted by Gasteiger charge is 2.75. The Morgan fingerprint density at radius 1 is 1.14 bits per heavy atom. The normalized spacial score (nSPS) is 53.3. The van der Waals surface area contributed by atoms with Crippen LogP contribution < -0.4 is 0 Å². The monoisotopic (exact) mass is 514 g/mol. The number of allylic oxidation sites excluding steroid dienone is 1. The summed E-state index contributed by atoms with van der Waals surface area (Å²) in [6.07, 6.45) is 1.84. The summed E-state index contributed by atoms with van der Waals surface area (Å²) in [6.45, 7) is 7.57. The number of carbonyl (C=O) groups is 3. The molecular weight excluding hydrogens is 480 g/mol. The van der Waals surface area contributed by atoms with Crippen LogP contribution >= 0.6 is 0 Å². The number of aliphatic hydroxyl groups excluding tert-OH is 1. The average Bonchev–Trinajstić information content (AvgIpc) is 3.51. The second-order valence-electron chi connectivity index (χ2n) is 13.0. The molecule has 2 N–H and O–H groups in total. The summed E-state index contributed by atoms with van der Waals surface area (Å²) in [4.78, 5) is 38.6. The molecule has 2 saturated carbocycles. The summed E-state index contributed by atoms with van der Waals surface area (Å²) in [5.74, 6) is -2.36. The average molecular weight is 515 g/mol. The van der Waals surface area contributed by atoms with Gasteiger partial charge < -0.3 is 29.2 Å². The van der Waals surface area contributed by atoms with E-state index in [1.54, 1.807) is 13.0 Å². The third-order valence-electron chi connectivity index (χ3n) is 10.6. The van der Waals surface area contributed by atoms with Crippen molar-refractivity contribution in [2.24, 2.45) is 23.7 Å². The third kappa shape index (κ3) is 2.81. The van der Waals surface area contributed by atoms with Gasteiger partial charge in [0, 0.05) is 36.2 Å². The lowest BCUT2D eigenvalue weighted by molar-refractivity contribution is -0.177. The Balaban J connectivity index is 1.29. The smallest absolute Gasteiger partial charge is 0.334 e. The SMILES string of the molecule is CC1=CC(C2OC34C(=O)CC5(O)CC67OC(=O)CC6OC(C)(C)C7CC(O)C5C3=CCC4C2C)OC1=O. The molecule has 11 unspecified atom stereocenters. The molecule has 7 aliphatic rings. The standard InChI is InChI=1S/C28H34O9/c1-12-7-17(34-24(12)32)23-13(2)14-5-6-15-22-16(29)8-18-25(3,4)35-20-9-21(31)36-27(18,20)11-26(22,33)10-19(30)28(14,15)37-23/h6-7,13-14,16-18,20,22-23,29,33H,5,8-11H2,1-4H3. The van der Waals surface area contributed by atoms with Gasteiger partial charge in [0.2, 0.25) is 0 Å². The molecule has 0 amide bonds. The van der Waals surface area contributed by atoms with Crippen molar-refractivity contribution in [2.45, 2.75) is 107 Å². The van der Waals surface area contributed by atoms with Crippen molar-refractivity contribution in [1.82, 2.24) is 0 Å². The first-order valence-corrected chi connectivity index (χ1v) is 13.4. The van der Waals surface area contributed by atoms with Crippen LogP contribution in [0, 0.1) is 23.7 Å². The minimum absolute atomic E-state index is 0.0250. The van der Waals surface area contributed by atoms with E-state index in [-0.39, 0.29) is 61.2 Å².